The van der Waals surface area contributed by atoms with Gasteiger partial charge in [0.15, 0.2) is 5.79 Å². The van der Waals surface area contributed by atoms with E-state index in [0.29, 0.717) is 37.8 Å². The number of carbonyl (C=O) groups is 2. The van der Waals surface area contributed by atoms with E-state index in [0.717, 1.165) is 38.5 Å². The minimum atomic E-state index is -1.02. The Morgan fingerprint density at radius 2 is 1.91 bits per heavy atom. The summed E-state index contributed by atoms with van der Waals surface area (Å²) in [5, 5.41) is 22.5. The molecule has 5 aliphatic rings. The lowest BCUT2D eigenvalue weighted by Crippen LogP contribution is -2.62. The number of Topliss-reactive ketones (excluding diaryl/α,β-unsaturated/α-hetero) is 1. The first-order valence-electron chi connectivity index (χ1n) is 12.8. The quantitative estimate of drug-likeness (QED) is 0.712. The number of ether oxygens (including phenoxy) is 2. The van der Waals surface area contributed by atoms with Crippen LogP contribution in [-0.4, -0.2) is 42.0 Å². The van der Waals surface area contributed by atoms with Crippen LogP contribution in [0.4, 0.5) is 0 Å². The summed E-state index contributed by atoms with van der Waals surface area (Å²) in [6.07, 6.45) is 6.09. The molecular weight excluding hydrogens is 408 g/mol. The van der Waals surface area contributed by atoms with Gasteiger partial charge in [0.2, 0.25) is 0 Å². The number of carbonyl (C=O) groups excluding carboxylic acids is 2. The van der Waals surface area contributed by atoms with Gasteiger partial charge in [-0.1, -0.05) is 20.8 Å². The Balaban J connectivity index is 1.40. The van der Waals surface area contributed by atoms with Crippen molar-refractivity contribution in [2.24, 2.45) is 46.3 Å². The predicted molar refractivity (Wildman–Crippen MR) is 115 cm³/mol. The van der Waals surface area contributed by atoms with Gasteiger partial charge >= 0.3 is 0 Å². The third kappa shape index (κ3) is 3.23. The second kappa shape index (κ2) is 7.78. The molecule has 9 atom stereocenters. The summed E-state index contributed by atoms with van der Waals surface area (Å²) in [6, 6.07) is 0. The molecule has 6 nitrogen and oxygen atoms in total. The number of hydrogen-bond donors (Lipinski definition) is 1. The molecular formula is C26H39O6-. The number of carboxylic acid groups (broad SMARTS) is 1. The van der Waals surface area contributed by atoms with Crippen molar-refractivity contribution >= 4 is 11.8 Å². The SMILES string of the molecule is C[C@@H](CCC(=O)[O-])[C@H]1CC[C@@H]2[C@H]3[C@H](O)C[C@@H]4CC5(CC[C@]4(C)[C@@H]3CC(=O)[C@@]21C)OCCO5. The molecule has 5 fully saturated rings. The molecule has 1 spiro atoms. The standard InChI is InChI=1S/C26H40O6/c1-15(4-7-22(29)30)17-5-6-18-23-19(13-21(28)25(17,18)3)24(2)8-9-26(31-10-11-32-26)14-16(24)12-20(23)27/h15-20,23,27H,4-14H2,1-3H3,(H,29,30)/p-1/t15-,16+,17+,18+,19+,20+,23+,24-,25+/m0/s1. The first-order chi connectivity index (χ1) is 15.1. The maximum Gasteiger partial charge on any atom is 0.168 e. The fourth-order valence-electron chi connectivity index (χ4n) is 9.13. The summed E-state index contributed by atoms with van der Waals surface area (Å²) in [6.45, 7) is 7.87. The van der Waals surface area contributed by atoms with E-state index < -0.39 is 23.3 Å². The molecule has 0 radical (unpaired) electrons. The molecule has 4 saturated carbocycles. The third-order valence-electron chi connectivity index (χ3n) is 10.9. The third-order valence-corrected chi connectivity index (χ3v) is 10.9. The van der Waals surface area contributed by atoms with Crippen LogP contribution in [0.3, 0.4) is 0 Å². The summed E-state index contributed by atoms with van der Waals surface area (Å²) in [7, 11) is 0. The largest absolute Gasteiger partial charge is 0.550 e. The van der Waals surface area contributed by atoms with Crippen LogP contribution in [0.1, 0.15) is 78.6 Å². The summed E-state index contributed by atoms with van der Waals surface area (Å²) < 4.78 is 12.0. The highest BCUT2D eigenvalue weighted by Gasteiger charge is 2.67. The molecule has 6 heteroatoms. The van der Waals surface area contributed by atoms with E-state index in [1.165, 1.54) is 0 Å². The van der Waals surface area contributed by atoms with Gasteiger partial charge in [-0.15, -0.1) is 0 Å². The number of fused-ring (bicyclic) bond motifs is 5. The summed E-state index contributed by atoms with van der Waals surface area (Å²) in [5.74, 6) is 0.0550. The highest BCUT2D eigenvalue weighted by molar-refractivity contribution is 5.87. The van der Waals surface area contributed by atoms with Crippen LogP contribution in [0.25, 0.3) is 0 Å². The molecule has 32 heavy (non-hydrogen) atoms. The highest BCUT2D eigenvalue weighted by Crippen LogP contribution is 2.68. The van der Waals surface area contributed by atoms with Crippen molar-refractivity contribution < 1.29 is 29.3 Å². The number of ketones is 1. The van der Waals surface area contributed by atoms with Gasteiger partial charge in [-0.2, -0.15) is 0 Å². The van der Waals surface area contributed by atoms with Gasteiger partial charge in [-0.05, 0) is 79.4 Å². The van der Waals surface area contributed by atoms with Crippen molar-refractivity contribution in [1.29, 1.82) is 0 Å². The molecule has 1 aliphatic heterocycles. The van der Waals surface area contributed by atoms with Gasteiger partial charge in [-0.25, -0.2) is 0 Å². The van der Waals surface area contributed by atoms with Crippen LogP contribution < -0.4 is 5.11 Å². The number of hydrogen-bond acceptors (Lipinski definition) is 6. The van der Waals surface area contributed by atoms with Crippen molar-refractivity contribution in [1.82, 2.24) is 0 Å². The fraction of sp³-hybridized carbons (Fsp3) is 0.923. The van der Waals surface area contributed by atoms with E-state index in [-0.39, 0.29) is 41.4 Å². The second-order valence-corrected chi connectivity index (χ2v) is 12.1. The van der Waals surface area contributed by atoms with Crippen LogP contribution in [-0.2, 0) is 19.1 Å². The lowest BCUT2D eigenvalue weighted by molar-refractivity contribution is -0.306. The van der Waals surface area contributed by atoms with Gasteiger partial charge < -0.3 is 24.5 Å². The Bertz CT molecular complexity index is 774. The smallest absolute Gasteiger partial charge is 0.168 e. The molecule has 0 aromatic carbocycles. The maximum absolute atomic E-state index is 13.8. The minimum Gasteiger partial charge on any atom is -0.550 e. The van der Waals surface area contributed by atoms with Crippen molar-refractivity contribution in [3.8, 4) is 0 Å². The van der Waals surface area contributed by atoms with Gasteiger partial charge in [0.1, 0.15) is 5.78 Å². The molecule has 0 unspecified atom stereocenters. The zero-order valence-electron chi connectivity index (χ0n) is 19.8. The zero-order valence-corrected chi connectivity index (χ0v) is 19.8. The fourth-order valence-corrected chi connectivity index (χ4v) is 9.13. The second-order valence-electron chi connectivity index (χ2n) is 12.1. The zero-order chi connectivity index (χ0) is 22.9. The van der Waals surface area contributed by atoms with Crippen molar-refractivity contribution in [2.75, 3.05) is 13.2 Å². The molecule has 4 aliphatic carbocycles. The Kier molecular flexibility index (Phi) is 5.54. The number of aliphatic carboxylic acids is 1. The van der Waals surface area contributed by atoms with E-state index in [9.17, 15) is 19.8 Å². The molecule has 1 heterocycles. The number of rotatable bonds is 4. The predicted octanol–water partition coefficient (Wildman–Crippen LogP) is 2.70. The molecule has 0 aromatic heterocycles. The first kappa shape index (κ1) is 22.8. The van der Waals surface area contributed by atoms with E-state index in [1.54, 1.807) is 0 Å². The monoisotopic (exact) mass is 447 g/mol. The van der Waals surface area contributed by atoms with E-state index in [2.05, 4.69) is 20.8 Å². The molecule has 5 rings (SSSR count). The summed E-state index contributed by atoms with van der Waals surface area (Å²) in [4.78, 5) is 24.8. The summed E-state index contributed by atoms with van der Waals surface area (Å²) in [5.41, 5.74) is -0.426. The average molecular weight is 448 g/mol. The highest BCUT2D eigenvalue weighted by atomic mass is 16.7. The van der Waals surface area contributed by atoms with Crippen LogP contribution in [0.15, 0.2) is 0 Å². The topological polar surface area (TPSA) is 95.9 Å². The number of aliphatic hydroxyl groups excluding tert-OH is 1. The van der Waals surface area contributed by atoms with Gasteiger partial charge in [-0.3, -0.25) is 4.79 Å². The van der Waals surface area contributed by atoms with Crippen molar-refractivity contribution in [3.63, 3.8) is 0 Å². The minimum absolute atomic E-state index is 0.0279. The Labute approximate surface area is 191 Å². The van der Waals surface area contributed by atoms with Crippen LogP contribution in [0, 0.1) is 46.3 Å². The number of carboxylic acids is 1. The van der Waals surface area contributed by atoms with Crippen LogP contribution in [0.5, 0.6) is 0 Å². The lowest BCUT2D eigenvalue weighted by atomic mass is 9.43. The Morgan fingerprint density at radius 1 is 1.19 bits per heavy atom. The van der Waals surface area contributed by atoms with E-state index in [4.69, 9.17) is 9.47 Å². The molecule has 0 aromatic rings. The number of aliphatic hydroxyl groups is 1. The van der Waals surface area contributed by atoms with Gasteiger partial charge in [0.25, 0.3) is 0 Å². The Hall–Kier alpha value is -0.980. The average Bonchev–Trinajstić information content (AvgIpc) is 3.34. The molecule has 0 amide bonds. The molecule has 0 bridgehead atoms. The van der Waals surface area contributed by atoms with Crippen molar-refractivity contribution in [3.05, 3.63) is 0 Å². The normalized spacial score (nSPS) is 48.2. The molecule has 180 valence electrons. The van der Waals surface area contributed by atoms with Gasteiger partial charge in [0.05, 0.1) is 19.3 Å². The van der Waals surface area contributed by atoms with Crippen molar-refractivity contribution in [2.45, 2.75) is 90.4 Å². The van der Waals surface area contributed by atoms with Crippen LogP contribution >= 0.6 is 0 Å². The lowest BCUT2D eigenvalue weighted by Gasteiger charge is -2.62. The van der Waals surface area contributed by atoms with Crippen LogP contribution in [0.2, 0.25) is 0 Å². The van der Waals surface area contributed by atoms with Gasteiger partial charge in [0, 0.05) is 30.6 Å². The molecule has 1 N–H and O–H groups in total. The van der Waals surface area contributed by atoms with E-state index >= 15 is 0 Å². The molecule has 1 saturated heterocycles. The summed E-state index contributed by atoms with van der Waals surface area (Å²) >= 11 is 0. The van der Waals surface area contributed by atoms with E-state index in [1.807, 2.05) is 0 Å². The Morgan fingerprint density at radius 3 is 2.59 bits per heavy atom. The maximum atomic E-state index is 13.8. The first-order valence-corrected chi connectivity index (χ1v) is 12.8.